The molecule has 0 aliphatic carbocycles. The lowest BCUT2D eigenvalue weighted by Gasteiger charge is -2.36. The normalized spacial score (nSPS) is 14.1. The fourth-order valence-electron chi connectivity index (χ4n) is 5.42. The number of hydrogen-bond acceptors (Lipinski definition) is 6. The fraction of sp³-hybridized carbons (Fsp3) is 0.400. The van der Waals surface area contributed by atoms with Gasteiger partial charge in [-0.2, -0.15) is 5.10 Å². The van der Waals surface area contributed by atoms with Gasteiger partial charge in [0.1, 0.15) is 23.7 Å². The van der Waals surface area contributed by atoms with Crippen molar-refractivity contribution in [1.82, 2.24) is 19.7 Å². The van der Waals surface area contributed by atoms with Crippen LogP contribution < -0.4 is 4.74 Å². The second-order valence-electron chi connectivity index (χ2n) is 13.4. The molecule has 2 aromatic carbocycles. The molecule has 0 fully saturated rings. The molecule has 1 aliphatic heterocycles. The highest BCUT2D eigenvalue weighted by Gasteiger charge is 2.38. The van der Waals surface area contributed by atoms with Gasteiger partial charge >= 0.3 is 0 Å². The molecule has 1 aliphatic rings. The molecule has 232 valence electrons. The van der Waals surface area contributed by atoms with Gasteiger partial charge in [-0.15, -0.1) is 0 Å². The lowest BCUT2D eigenvalue weighted by Crippen LogP contribution is -2.42. The Hall–Kier alpha value is -3.79. The number of amides is 1. The van der Waals surface area contributed by atoms with Crippen molar-refractivity contribution in [3.8, 4) is 28.1 Å². The van der Waals surface area contributed by atoms with Gasteiger partial charge in [-0.25, -0.2) is 0 Å². The topological polar surface area (TPSA) is 101 Å². The molecule has 1 amide bonds. The van der Waals surface area contributed by atoms with Crippen LogP contribution >= 0.6 is 0 Å². The number of fused-ring (bicyclic) bond motifs is 1. The number of aliphatic hydroxyl groups is 1. The van der Waals surface area contributed by atoms with E-state index in [1.165, 1.54) is 0 Å². The van der Waals surface area contributed by atoms with Crippen LogP contribution in [0.1, 0.15) is 62.2 Å². The summed E-state index contributed by atoms with van der Waals surface area (Å²) in [6.45, 7) is 14.0. The summed E-state index contributed by atoms with van der Waals surface area (Å²) >= 11 is 0. The van der Waals surface area contributed by atoms with Crippen molar-refractivity contribution < 1.29 is 19.4 Å². The monoisotopic (exact) mass is 612 g/mol. The van der Waals surface area contributed by atoms with Crippen LogP contribution in [0.3, 0.4) is 0 Å². The summed E-state index contributed by atoms with van der Waals surface area (Å²) in [6.07, 6.45) is 5.18. The number of hydrogen-bond donors (Lipinski definition) is 2. The van der Waals surface area contributed by atoms with Gasteiger partial charge in [-0.05, 0) is 85.8 Å². The first kappa shape index (κ1) is 31.6. The van der Waals surface area contributed by atoms with Gasteiger partial charge < -0.3 is 19.5 Å². The maximum absolute atomic E-state index is 14.0. The highest BCUT2D eigenvalue weighted by Crippen LogP contribution is 2.40. The Morgan fingerprint density at radius 1 is 0.909 bits per heavy atom. The van der Waals surface area contributed by atoms with Crippen molar-refractivity contribution in [2.75, 3.05) is 13.1 Å². The number of rotatable bonds is 11. The van der Waals surface area contributed by atoms with Crippen LogP contribution in [0.2, 0.25) is 18.1 Å². The van der Waals surface area contributed by atoms with E-state index in [9.17, 15) is 14.7 Å². The van der Waals surface area contributed by atoms with E-state index in [0.717, 1.165) is 52.1 Å². The second-order valence-corrected chi connectivity index (χ2v) is 17.9. The van der Waals surface area contributed by atoms with Crippen molar-refractivity contribution >= 4 is 14.2 Å². The summed E-state index contributed by atoms with van der Waals surface area (Å²) in [5, 5.41) is 15.0. The number of carbonyl (C=O) groups excluding carboxylic acids is 1. The predicted octanol–water partition coefficient (Wildman–Crippen LogP) is 6.63. The summed E-state index contributed by atoms with van der Waals surface area (Å²) < 4.78 is 7.92. The minimum absolute atomic E-state index is 0.0211. The molecule has 0 unspecified atom stereocenters. The molecule has 0 bridgehead atoms. The Labute approximate surface area is 261 Å². The van der Waals surface area contributed by atoms with E-state index in [1.807, 2.05) is 83.3 Å². The molecule has 0 spiro atoms. The fourth-order valence-corrected chi connectivity index (χ4v) is 6.21. The summed E-state index contributed by atoms with van der Waals surface area (Å²) in [5.41, 5.74) is 4.94. The molecule has 0 saturated carbocycles. The molecule has 9 heteroatoms. The molecule has 0 saturated heterocycles. The predicted molar refractivity (Wildman–Crippen MR) is 176 cm³/mol. The Kier molecular flexibility index (Phi) is 8.84. The van der Waals surface area contributed by atoms with Crippen LogP contribution in [0.5, 0.6) is 5.75 Å². The van der Waals surface area contributed by atoms with Gasteiger partial charge in [0, 0.05) is 36.6 Å². The Morgan fingerprint density at radius 3 is 2.18 bits per heavy atom. The quantitative estimate of drug-likeness (QED) is 0.184. The zero-order valence-electron chi connectivity index (χ0n) is 26.7. The average Bonchev–Trinajstić information content (AvgIpc) is 3.38. The van der Waals surface area contributed by atoms with Gasteiger partial charge in [0.05, 0.1) is 12.1 Å². The molecule has 0 radical (unpaired) electrons. The first-order chi connectivity index (χ1) is 20.7. The zero-order chi connectivity index (χ0) is 31.7. The molecule has 2 aromatic heterocycles. The average molecular weight is 613 g/mol. The van der Waals surface area contributed by atoms with Crippen LogP contribution in [0.25, 0.3) is 22.4 Å². The van der Waals surface area contributed by atoms with Crippen LogP contribution in [0.4, 0.5) is 0 Å². The van der Waals surface area contributed by atoms with Crippen molar-refractivity contribution in [1.29, 1.82) is 0 Å². The van der Waals surface area contributed by atoms with E-state index in [0.29, 0.717) is 31.9 Å². The van der Waals surface area contributed by atoms with Crippen molar-refractivity contribution in [3.63, 3.8) is 0 Å². The lowest BCUT2D eigenvalue weighted by molar-refractivity contribution is 0.0693. The number of carbonyl (C=O) groups is 1. The van der Waals surface area contributed by atoms with Crippen LogP contribution in [-0.2, 0) is 18.8 Å². The molecule has 0 atom stereocenters. The number of nitrogens with zero attached hydrogens (tertiary/aromatic N) is 4. The Bertz CT molecular complexity index is 1590. The van der Waals surface area contributed by atoms with Gasteiger partial charge in [-0.3, -0.25) is 14.5 Å². The summed E-state index contributed by atoms with van der Waals surface area (Å²) in [5.74, 6) is 0.699. The zero-order valence-corrected chi connectivity index (χ0v) is 27.7. The van der Waals surface area contributed by atoms with Crippen LogP contribution in [0, 0.1) is 0 Å². The van der Waals surface area contributed by atoms with E-state index < -0.39 is 13.9 Å². The first-order valence-corrected chi connectivity index (χ1v) is 18.3. The second kappa shape index (κ2) is 12.3. The summed E-state index contributed by atoms with van der Waals surface area (Å²) in [6, 6.07) is 19.4. The smallest absolute Gasteiger partial charge is 0.272 e. The van der Waals surface area contributed by atoms with E-state index in [2.05, 4.69) is 18.8 Å². The number of pyridine rings is 1. The van der Waals surface area contributed by atoms with Gasteiger partial charge in [0.2, 0.25) is 0 Å². The van der Waals surface area contributed by atoms with E-state index in [-0.39, 0.29) is 10.9 Å². The molecule has 5 rings (SSSR count). The molecule has 3 heterocycles. The molecule has 2 N–H and O–H groups in total. The third-order valence-electron chi connectivity index (χ3n) is 9.07. The SMILES string of the molecule is CC(C)(O)c1ccc(COc2ccc(-c3c(-c4ccncc4)nn4c3C(=O)N(CCCC(C)(C)[Si](C)(C)O)CC4)cc2)cc1. The van der Waals surface area contributed by atoms with Gasteiger partial charge in [0.15, 0.2) is 8.32 Å². The molecule has 8 nitrogen and oxygen atoms in total. The number of aromatic nitrogens is 3. The molecule has 4 aromatic rings. The third kappa shape index (κ3) is 6.80. The Balaban J connectivity index is 1.38. The highest BCUT2D eigenvalue weighted by atomic mass is 28.4. The van der Waals surface area contributed by atoms with E-state index >= 15 is 0 Å². The molecular formula is C35H44N4O4Si. The lowest BCUT2D eigenvalue weighted by atomic mass is 9.97. The van der Waals surface area contributed by atoms with Gasteiger partial charge in [-0.1, -0.05) is 50.2 Å². The molecule has 44 heavy (non-hydrogen) atoms. The number of benzene rings is 2. The standard InChI is InChI=1S/C35H44N4O4Si/c1-34(2,44(5,6)42)18-7-21-38-22-23-39-32(33(38)40)30(31(37-39)27-16-19-36-20-17-27)26-10-14-29(15-11-26)43-24-25-8-12-28(13-9-25)35(3,4)41/h8-17,19-20,41-42H,7,18,21-24H2,1-6H3. The third-order valence-corrected chi connectivity index (χ3v) is 12.6. The van der Waals surface area contributed by atoms with Crippen LogP contribution in [-0.4, -0.2) is 56.9 Å². The van der Waals surface area contributed by atoms with Crippen molar-refractivity contribution in [2.45, 2.75) is 77.4 Å². The molecular weight excluding hydrogens is 568 g/mol. The highest BCUT2D eigenvalue weighted by molar-refractivity contribution is 6.72. The summed E-state index contributed by atoms with van der Waals surface area (Å²) in [7, 11) is -2.31. The number of ether oxygens (including phenoxy) is 1. The first-order valence-electron chi connectivity index (χ1n) is 15.3. The minimum Gasteiger partial charge on any atom is -0.489 e. The van der Waals surface area contributed by atoms with Crippen molar-refractivity contribution in [3.05, 3.63) is 89.9 Å². The van der Waals surface area contributed by atoms with Crippen molar-refractivity contribution in [2.24, 2.45) is 0 Å². The van der Waals surface area contributed by atoms with Crippen LogP contribution in [0.15, 0.2) is 73.1 Å². The summed E-state index contributed by atoms with van der Waals surface area (Å²) in [4.78, 5) is 30.8. The Morgan fingerprint density at radius 2 is 1.57 bits per heavy atom. The van der Waals surface area contributed by atoms with E-state index in [4.69, 9.17) is 9.84 Å². The van der Waals surface area contributed by atoms with Gasteiger partial charge in [0.25, 0.3) is 5.91 Å². The maximum atomic E-state index is 14.0. The largest absolute Gasteiger partial charge is 0.489 e. The van der Waals surface area contributed by atoms with E-state index in [1.54, 1.807) is 26.2 Å². The minimum atomic E-state index is -2.31. The maximum Gasteiger partial charge on any atom is 0.272 e.